The highest BCUT2D eigenvalue weighted by molar-refractivity contribution is 7.91. The summed E-state index contributed by atoms with van der Waals surface area (Å²) in [7, 11) is -3.33. The molecule has 7 nitrogen and oxygen atoms in total. The Bertz CT molecular complexity index is 1840. The maximum atomic E-state index is 13.7. The summed E-state index contributed by atoms with van der Waals surface area (Å²) in [5.74, 6) is -0.0769. The number of furan rings is 1. The van der Waals surface area contributed by atoms with Gasteiger partial charge < -0.3 is 15.9 Å². The fraction of sp³-hybridized carbons (Fsp3) is 0.0968. The second-order valence-corrected chi connectivity index (χ2v) is 11.6. The maximum Gasteiger partial charge on any atom is 0.245 e. The van der Waals surface area contributed by atoms with E-state index in [9.17, 15) is 17.6 Å². The Morgan fingerprint density at radius 2 is 1.65 bits per heavy atom. The molecule has 40 heavy (non-hydrogen) atoms. The van der Waals surface area contributed by atoms with Gasteiger partial charge in [0, 0.05) is 29.1 Å². The van der Waals surface area contributed by atoms with Gasteiger partial charge in [-0.3, -0.25) is 4.79 Å². The van der Waals surface area contributed by atoms with Crippen molar-refractivity contribution in [2.24, 2.45) is 5.73 Å². The number of carbonyl (C=O) groups excluding carboxylic acids is 1. The van der Waals surface area contributed by atoms with Gasteiger partial charge in [-0.05, 0) is 82.9 Å². The molecule has 0 bridgehead atoms. The SMILES string of the molecule is CCS(=O)(=O)c1ccc(-c2cc(-c3ccc(F)cc3)c3oc(C/C(=C\c4ccc(N)nc4)C(N)=O)cc3c2)cc1. The topological polar surface area (TPSA) is 129 Å². The van der Waals surface area contributed by atoms with Crippen LogP contribution in [0.1, 0.15) is 18.2 Å². The summed E-state index contributed by atoms with van der Waals surface area (Å²) in [6.07, 6.45) is 3.32. The first-order valence-corrected chi connectivity index (χ1v) is 14.2. The van der Waals surface area contributed by atoms with Gasteiger partial charge in [0.2, 0.25) is 5.91 Å². The highest BCUT2D eigenvalue weighted by atomic mass is 32.2. The second-order valence-electron chi connectivity index (χ2n) is 9.32. The van der Waals surface area contributed by atoms with Crippen LogP contribution in [0, 0.1) is 5.82 Å². The molecule has 0 radical (unpaired) electrons. The summed E-state index contributed by atoms with van der Waals surface area (Å²) in [5.41, 5.74) is 16.0. The highest BCUT2D eigenvalue weighted by Gasteiger charge is 2.17. The van der Waals surface area contributed by atoms with Crippen LogP contribution in [0.5, 0.6) is 0 Å². The van der Waals surface area contributed by atoms with Crippen LogP contribution in [0.3, 0.4) is 0 Å². The molecular formula is C31H26FN3O4S. The Morgan fingerprint density at radius 1 is 0.950 bits per heavy atom. The number of halogens is 1. The molecule has 4 N–H and O–H groups in total. The number of amides is 1. The van der Waals surface area contributed by atoms with E-state index in [1.807, 2.05) is 18.2 Å². The van der Waals surface area contributed by atoms with E-state index in [2.05, 4.69) is 4.98 Å². The van der Waals surface area contributed by atoms with E-state index in [-0.39, 0.29) is 22.9 Å². The summed E-state index contributed by atoms with van der Waals surface area (Å²) >= 11 is 0. The van der Waals surface area contributed by atoms with E-state index >= 15 is 0 Å². The van der Waals surface area contributed by atoms with E-state index in [0.29, 0.717) is 28.3 Å². The molecule has 0 fully saturated rings. The predicted molar refractivity (Wildman–Crippen MR) is 154 cm³/mol. The van der Waals surface area contributed by atoms with Crippen LogP contribution in [-0.4, -0.2) is 25.1 Å². The molecule has 0 aliphatic carbocycles. The molecule has 0 aliphatic heterocycles. The highest BCUT2D eigenvalue weighted by Crippen LogP contribution is 2.37. The average molecular weight is 556 g/mol. The molecule has 0 unspecified atom stereocenters. The van der Waals surface area contributed by atoms with Crippen LogP contribution in [-0.2, 0) is 21.1 Å². The Kier molecular flexibility index (Phi) is 7.23. The van der Waals surface area contributed by atoms with Gasteiger partial charge >= 0.3 is 0 Å². The van der Waals surface area contributed by atoms with Crippen LogP contribution in [0.15, 0.2) is 99.9 Å². The molecule has 0 aliphatic rings. The zero-order chi connectivity index (χ0) is 28.4. The number of fused-ring (bicyclic) bond motifs is 1. The van der Waals surface area contributed by atoms with E-state index in [4.69, 9.17) is 15.9 Å². The van der Waals surface area contributed by atoms with Gasteiger partial charge in [-0.25, -0.2) is 17.8 Å². The van der Waals surface area contributed by atoms with Crippen molar-refractivity contribution < 1.29 is 22.0 Å². The quantitative estimate of drug-likeness (QED) is 0.233. The van der Waals surface area contributed by atoms with Crippen molar-refractivity contribution in [2.75, 3.05) is 11.5 Å². The smallest absolute Gasteiger partial charge is 0.245 e. The van der Waals surface area contributed by atoms with Crippen molar-refractivity contribution in [2.45, 2.75) is 18.2 Å². The normalized spacial score (nSPS) is 12.1. The summed E-state index contributed by atoms with van der Waals surface area (Å²) < 4.78 is 44.5. The monoisotopic (exact) mass is 555 g/mol. The van der Waals surface area contributed by atoms with E-state index in [0.717, 1.165) is 27.6 Å². The molecule has 5 rings (SSSR count). The largest absolute Gasteiger partial charge is 0.460 e. The number of anilines is 1. The lowest BCUT2D eigenvalue weighted by Gasteiger charge is -2.09. The Labute approximate surface area is 230 Å². The number of carbonyl (C=O) groups is 1. The summed E-state index contributed by atoms with van der Waals surface area (Å²) in [5, 5.41) is 0.759. The lowest BCUT2D eigenvalue weighted by atomic mass is 9.96. The zero-order valence-corrected chi connectivity index (χ0v) is 22.4. The number of pyridine rings is 1. The van der Waals surface area contributed by atoms with E-state index in [1.165, 1.54) is 12.1 Å². The molecule has 0 atom stereocenters. The van der Waals surface area contributed by atoms with Gasteiger partial charge in [-0.1, -0.05) is 31.2 Å². The second kappa shape index (κ2) is 10.8. The standard InChI is InChI=1S/C31H26FN3O4S/c1-2-40(37,38)27-10-6-20(7-11-27)22-14-23-15-26(16-24(31(34)36)13-19-3-12-29(33)35-18-19)39-30(23)28(17-22)21-4-8-25(32)9-5-21/h3-15,17-18H,2,16H2,1H3,(H2,33,35)(H2,34,36)/b24-13+. The molecular weight excluding hydrogens is 529 g/mol. The summed E-state index contributed by atoms with van der Waals surface area (Å²) in [6.45, 7) is 1.61. The molecule has 0 saturated heterocycles. The number of hydrogen-bond donors (Lipinski definition) is 2. The van der Waals surface area contributed by atoms with Crippen LogP contribution >= 0.6 is 0 Å². The minimum absolute atomic E-state index is 0.0153. The Hall–Kier alpha value is -4.76. The Morgan fingerprint density at radius 3 is 2.27 bits per heavy atom. The zero-order valence-electron chi connectivity index (χ0n) is 21.6. The first kappa shape index (κ1) is 26.8. The van der Waals surface area contributed by atoms with Crippen LogP contribution in [0.2, 0.25) is 0 Å². The minimum Gasteiger partial charge on any atom is -0.460 e. The summed E-state index contributed by atoms with van der Waals surface area (Å²) in [4.78, 5) is 16.6. The van der Waals surface area contributed by atoms with Crippen molar-refractivity contribution in [3.05, 3.63) is 108 Å². The van der Waals surface area contributed by atoms with E-state index in [1.54, 1.807) is 67.7 Å². The summed E-state index contributed by atoms with van der Waals surface area (Å²) in [6, 6.07) is 21.8. The van der Waals surface area contributed by atoms with Crippen molar-refractivity contribution in [1.82, 2.24) is 4.98 Å². The number of hydrogen-bond acceptors (Lipinski definition) is 6. The molecule has 3 aromatic carbocycles. The first-order chi connectivity index (χ1) is 19.1. The average Bonchev–Trinajstić information content (AvgIpc) is 3.36. The molecule has 0 spiro atoms. The third kappa shape index (κ3) is 5.64. The fourth-order valence-electron chi connectivity index (χ4n) is 4.43. The maximum absolute atomic E-state index is 13.7. The van der Waals surface area contributed by atoms with Gasteiger partial charge in [0.05, 0.1) is 10.6 Å². The lowest BCUT2D eigenvalue weighted by molar-refractivity contribution is -0.114. The van der Waals surface area contributed by atoms with Crippen molar-refractivity contribution in [3.8, 4) is 22.3 Å². The first-order valence-electron chi connectivity index (χ1n) is 12.5. The minimum atomic E-state index is -3.33. The van der Waals surface area contributed by atoms with Gasteiger partial charge in [0.15, 0.2) is 9.84 Å². The van der Waals surface area contributed by atoms with Gasteiger partial charge in [0.25, 0.3) is 0 Å². The molecule has 2 heterocycles. The number of nitrogens with two attached hydrogens (primary N) is 2. The number of nitrogen functional groups attached to an aromatic ring is 1. The van der Waals surface area contributed by atoms with Crippen LogP contribution in [0.4, 0.5) is 10.2 Å². The number of rotatable bonds is 8. The lowest BCUT2D eigenvalue weighted by Crippen LogP contribution is -2.15. The fourth-order valence-corrected chi connectivity index (χ4v) is 5.31. The third-order valence-corrected chi connectivity index (χ3v) is 8.33. The number of benzene rings is 3. The predicted octanol–water partition coefficient (Wildman–Crippen LogP) is 5.79. The molecule has 9 heteroatoms. The van der Waals surface area contributed by atoms with Crippen LogP contribution in [0.25, 0.3) is 39.3 Å². The number of nitrogens with zero attached hydrogens (tertiary/aromatic N) is 1. The molecule has 202 valence electrons. The van der Waals surface area contributed by atoms with Crippen molar-refractivity contribution >= 4 is 38.6 Å². The van der Waals surface area contributed by atoms with Gasteiger partial charge in [-0.15, -0.1) is 0 Å². The molecule has 0 saturated carbocycles. The van der Waals surface area contributed by atoms with Gasteiger partial charge in [0.1, 0.15) is 23.0 Å². The van der Waals surface area contributed by atoms with E-state index < -0.39 is 15.7 Å². The van der Waals surface area contributed by atoms with Crippen molar-refractivity contribution in [3.63, 3.8) is 0 Å². The molecule has 5 aromatic rings. The number of sulfone groups is 1. The third-order valence-electron chi connectivity index (χ3n) is 6.58. The number of aromatic nitrogens is 1. The number of primary amides is 1. The van der Waals surface area contributed by atoms with Crippen LogP contribution < -0.4 is 11.5 Å². The molecule has 2 aromatic heterocycles. The van der Waals surface area contributed by atoms with Gasteiger partial charge in [-0.2, -0.15) is 0 Å². The van der Waals surface area contributed by atoms with Crippen molar-refractivity contribution in [1.29, 1.82) is 0 Å². The molecule has 1 amide bonds. The Balaban J connectivity index is 1.60.